The molecule has 0 fully saturated rings. The van der Waals surface area contributed by atoms with Gasteiger partial charge in [0.1, 0.15) is 0 Å². The first-order chi connectivity index (χ1) is 12.6. The third-order valence-corrected chi connectivity index (χ3v) is 5.71. The number of Topliss-reactive ketones (excluding diaryl/α,β-unsaturated/α-hetero) is 2. The number of ketones is 2. The minimum absolute atomic E-state index is 0.0990. The quantitative estimate of drug-likeness (QED) is 0.661. The van der Waals surface area contributed by atoms with Gasteiger partial charge in [-0.1, -0.05) is 0 Å². The SMILES string of the molecule is Cc1nc(C)c(C)c(C(=O)CCCC(=O)c2c(C)c(C)nc(C)c2C)c1C. The lowest BCUT2D eigenvalue weighted by atomic mass is 9.92. The summed E-state index contributed by atoms with van der Waals surface area (Å²) < 4.78 is 0. The van der Waals surface area contributed by atoms with Crippen LogP contribution >= 0.6 is 0 Å². The van der Waals surface area contributed by atoms with Gasteiger partial charge in [0, 0.05) is 46.7 Å². The first kappa shape index (κ1) is 20.9. The van der Waals surface area contributed by atoms with E-state index in [1.165, 1.54) is 0 Å². The Kier molecular flexibility index (Phi) is 6.30. The molecule has 0 amide bonds. The van der Waals surface area contributed by atoms with Crippen molar-refractivity contribution in [1.29, 1.82) is 0 Å². The Morgan fingerprint density at radius 1 is 0.556 bits per heavy atom. The van der Waals surface area contributed by atoms with Crippen molar-refractivity contribution in [2.75, 3.05) is 0 Å². The van der Waals surface area contributed by atoms with Gasteiger partial charge in [0.2, 0.25) is 0 Å². The Balaban J connectivity index is 2.14. The number of aryl methyl sites for hydroxylation is 4. The fourth-order valence-corrected chi connectivity index (χ4v) is 3.62. The average Bonchev–Trinajstić information content (AvgIpc) is 2.59. The fourth-order valence-electron chi connectivity index (χ4n) is 3.62. The van der Waals surface area contributed by atoms with Crippen molar-refractivity contribution in [1.82, 2.24) is 9.97 Å². The van der Waals surface area contributed by atoms with Crippen LogP contribution in [0.15, 0.2) is 0 Å². The smallest absolute Gasteiger partial charge is 0.163 e. The number of nitrogens with zero attached hydrogens (tertiary/aromatic N) is 2. The molecule has 2 heterocycles. The number of hydrogen-bond acceptors (Lipinski definition) is 4. The number of aromatic nitrogens is 2. The van der Waals surface area contributed by atoms with E-state index in [9.17, 15) is 9.59 Å². The summed E-state index contributed by atoms with van der Waals surface area (Å²) in [5, 5.41) is 0. The lowest BCUT2D eigenvalue weighted by Crippen LogP contribution is -2.12. The van der Waals surface area contributed by atoms with Crippen molar-refractivity contribution in [2.45, 2.75) is 74.7 Å². The van der Waals surface area contributed by atoms with Crippen LogP contribution in [-0.4, -0.2) is 21.5 Å². The third kappa shape index (κ3) is 4.15. The molecule has 4 nitrogen and oxygen atoms in total. The van der Waals surface area contributed by atoms with Crippen LogP contribution in [0.3, 0.4) is 0 Å². The van der Waals surface area contributed by atoms with E-state index in [4.69, 9.17) is 0 Å². The molecule has 4 heteroatoms. The van der Waals surface area contributed by atoms with Crippen molar-refractivity contribution < 1.29 is 9.59 Å². The van der Waals surface area contributed by atoms with Gasteiger partial charge >= 0.3 is 0 Å². The van der Waals surface area contributed by atoms with Gasteiger partial charge in [0.25, 0.3) is 0 Å². The lowest BCUT2D eigenvalue weighted by molar-refractivity contribution is 0.0955. The summed E-state index contributed by atoms with van der Waals surface area (Å²) in [6, 6.07) is 0. The van der Waals surface area contributed by atoms with Crippen LogP contribution in [0.5, 0.6) is 0 Å². The van der Waals surface area contributed by atoms with E-state index in [0.29, 0.717) is 19.3 Å². The largest absolute Gasteiger partial charge is 0.294 e. The zero-order valence-corrected chi connectivity index (χ0v) is 17.8. The van der Waals surface area contributed by atoms with Crippen LogP contribution in [-0.2, 0) is 0 Å². The second kappa shape index (κ2) is 8.12. The maximum atomic E-state index is 12.8. The first-order valence-electron chi connectivity index (χ1n) is 9.51. The van der Waals surface area contributed by atoms with Gasteiger partial charge in [-0.15, -0.1) is 0 Å². The highest BCUT2D eigenvalue weighted by atomic mass is 16.1. The van der Waals surface area contributed by atoms with Crippen molar-refractivity contribution in [3.63, 3.8) is 0 Å². The number of pyridine rings is 2. The fraction of sp³-hybridized carbons (Fsp3) is 0.478. The van der Waals surface area contributed by atoms with E-state index in [1.807, 2.05) is 55.4 Å². The molecule has 0 aliphatic carbocycles. The predicted molar refractivity (Wildman–Crippen MR) is 109 cm³/mol. The molecule has 0 unspecified atom stereocenters. The molecule has 0 aliphatic heterocycles. The summed E-state index contributed by atoms with van der Waals surface area (Å²) in [7, 11) is 0. The van der Waals surface area contributed by atoms with Gasteiger partial charge in [-0.05, 0) is 84.1 Å². The van der Waals surface area contributed by atoms with Crippen LogP contribution < -0.4 is 0 Å². The standard InChI is InChI=1S/C23H30N2O2/c1-12-16(5)24-17(6)13(2)22(12)20(26)10-9-11-21(27)23-14(3)18(7)25-19(8)15(23)4/h9-11H2,1-8H3. The molecular weight excluding hydrogens is 336 g/mol. The minimum Gasteiger partial charge on any atom is -0.294 e. The van der Waals surface area contributed by atoms with E-state index in [-0.39, 0.29) is 11.6 Å². The van der Waals surface area contributed by atoms with Crippen LogP contribution in [0.25, 0.3) is 0 Å². The van der Waals surface area contributed by atoms with Gasteiger partial charge < -0.3 is 0 Å². The molecule has 0 atom stereocenters. The molecule has 0 N–H and O–H groups in total. The Hall–Kier alpha value is -2.36. The molecule has 2 aromatic heterocycles. The lowest BCUT2D eigenvalue weighted by Gasteiger charge is -2.14. The van der Waals surface area contributed by atoms with E-state index in [0.717, 1.165) is 56.2 Å². The molecule has 0 aliphatic rings. The minimum atomic E-state index is 0.0990. The summed E-state index contributed by atoms with van der Waals surface area (Å²) in [4.78, 5) is 34.6. The predicted octanol–water partition coefficient (Wildman–Crippen LogP) is 5.18. The van der Waals surface area contributed by atoms with Crippen molar-refractivity contribution in [2.24, 2.45) is 0 Å². The second-order valence-corrected chi connectivity index (χ2v) is 7.52. The summed E-state index contributed by atoms with van der Waals surface area (Å²) in [6.45, 7) is 15.5. The zero-order chi connectivity index (χ0) is 20.5. The molecule has 0 radical (unpaired) electrons. The maximum Gasteiger partial charge on any atom is 0.163 e. The van der Waals surface area contributed by atoms with Crippen LogP contribution in [0.4, 0.5) is 0 Å². The number of hydrogen-bond donors (Lipinski definition) is 0. The molecule has 0 saturated carbocycles. The highest BCUT2D eigenvalue weighted by molar-refractivity contribution is 6.01. The van der Waals surface area contributed by atoms with E-state index < -0.39 is 0 Å². The monoisotopic (exact) mass is 366 g/mol. The van der Waals surface area contributed by atoms with Crippen LogP contribution in [0.2, 0.25) is 0 Å². The molecule has 144 valence electrons. The summed E-state index contributed by atoms with van der Waals surface area (Å²) >= 11 is 0. The Morgan fingerprint density at radius 2 is 0.815 bits per heavy atom. The first-order valence-corrected chi connectivity index (χ1v) is 9.51. The van der Waals surface area contributed by atoms with Gasteiger partial charge in [-0.3, -0.25) is 19.6 Å². The second-order valence-electron chi connectivity index (χ2n) is 7.52. The average molecular weight is 367 g/mol. The van der Waals surface area contributed by atoms with Crippen molar-refractivity contribution >= 4 is 11.6 Å². The van der Waals surface area contributed by atoms with Gasteiger partial charge in [0.05, 0.1) is 0 Å². The summed E-state index contributed by atoms with van der Waals surface area (Å²) in [6.07, 6.45) is 1.30. The molecule has 0 aromatic carbocycles. The zero-order valence-electron chi connectivity index (χ0n) is 17.8. The van der Waals surface area contributed by atoms with Crippen LogP contribution in [0.1, 0.15) is 85.0 Å². The summed E-state index contributed by atoms with van der Waals surface area (Å²) in [5.41, 5.74) is 8.91. The van der Waals surface area contributed by atoms with Gasteiger partial charge in [0.15, 0.2) is 11.6 Å². The van der Waals surface area contributed by atoms with E-state index >= 15 is 0 Å². The Bertz CT molecular complexity index is 799. The summed E-state index contributed by atoms with van der Waals surface area (Å²) in [5.74, 6) is 0.198. The topological polar surface area (TPSA) is 59.9 Å². The van der Waals surface area contributed by atoms with Gasteiger partial charge in [-0.2, -0.15) is 0 Å². The Morgan fingerprint density at radius 3 is 1.07 bits per heavy atom. The normalized spacial score (nSPS) is 11.0. The molecule has 0 bridgehead atoms. The van der Waals surface area contributed by atoms with E-state index in [2.05, 4.69) is 9.97 Å². The Labute approximate surface area is 162 Å². The molecule has 27 heavy (non-hydrogen) atoms. The highest BCUT2D eigenvalue weighted by Gasteiger charge is 2.19. The molecule has 0 spiro atoms. The third-order valence-electron chi connectivity index (χ3n) is 5.71. The maximum absolute atomic E-state index is 12.8. The van der Waals surface area contributed by atoms with E-state index in [1.54, 1.807) is 0 Å². The van der Waals surface area contributed by atoms with Crippen molar-refractivity contribution in [3.8, 4) is 0 Å². The molecular formula is C23H30N2O2. The van der Waals surface area contributed by atoms with Gasteiger partial charge in [-0.25, -0.2) is 0 Å². The highest BCUT2D eigenvalue weighted by Crippen LogP contribution is 2.24. The number of carbonyl (C=O) groups is 2. The number of rotatable bonds is 6. The number of carbonyl (C=O) groups excluding carboxylic acids is 2. The molecule has 0 saturated heterocycles. The van der Waals surface area contributed by atoms with Crippen LogP contribution in [0, 0.1) is 55.4 Å². The molecule has 2 aromatic rings. The molecule has 2 rings (SSSR count). The van der Waals surface area contributed by atoms with Crippen molar-refractivity contribution in [3.05, 3.63) is 56.2 Å².